The smallest absolute Gasteiger partial charge is 0.119 e. The zero-order valence-electron chi connectivity index (χ0n) is 9.34. The van der Waals surface area contributed by atoms with Crippen molar-refractivity contribution < 1.29 is 4.74 Å². The van der Waals surface area contributed by atoms with Gasteiger partial charge in [-0.2, -0.15) is 0 Å². The van der Waals surface area contributed by atoms with E-state index in [9.17, 15) is 0 Å². The van der Waals surface area contributed by atoms with Crippen molar-refractivity contribution in [1.29, 1.82) is 0 Å². The first-order valence-electron chi connectivity index (χ1n) is 5.20. The molecule has 0 aliphatic rings. The van der Waals surface area contributed by atoms with Crippen molar-refractivity contribution >= 4 is 0 Å². The lowest BCUT2D eigenvalue weighted by atomic mass is 10.1. The summed E-state index contributed by atoms with van der Waals surface area (Å²) < 4.78 is 5.65. The van der Waals surface area contributed by atoms with Crippen LogP contribution >= 0.6 is 0 Å². The molecule has 1 radical (unpaired) electrons. The first-order chi connectivity index (χ1) is 6.61. The van der Waals surface area contributed by atoms with Crippen molar-refractivity contribution in [3.8, 4) is 5.75 Å². The second-order valence-electron chi connectivity index (χ2n) is 4.04. The van der Waals surface area contributed by atoms with Crippen molar-refractivity contribution in [2.75, 3.05) is 6.61 Å². The largest absolute Gasteiger partial charge is 0.493 e. The fraction of sp³-hybridized carbons (Fsp3) is 0.462. The van der Waals surface area contributed by atoms with Crippen LogP contribution in [0.2, 0.25) is 0 Å². The van der Waals surface area contributed by atoms with E-state index in [1.165, 1.54) is 5.56 Å². The molecule has 0 saturated heterocycles. The van der Waals surface area contributed by atoms with Gasteiger partial charge in [0, 0.05) is 0 Å². The van der Waals surface area contributed by atoms with Gasteiger partial charge in [-0.05, 0) is 42.5 Å². The molecule has 0 spiro atoms. The number of hydrogen-bond donors (Lipinski definition) is 0. The van der Waals surface area contributed by atoms with Crippen LogP contribution in [0, 0.1) is 12.8 Å². The Morgan fingerprint density at radius 3 is 2.57 bits per heavy atom. The monoisotopic (exact) mass is 191 g/mol. The number of ether oxygens (including phenoxy) is 1. The third-order valence-electron chi connectivity index (χ3n) is 2.02. The number of hydrogen-bond acceptors (Lipinski definition) is 1. The highest BCUT2D eigenvalue weighted by Crippen LogP contribution is 2.17. The lowest BCUT2D eigenvalue weighted by molar-refractivity contribution is 0.271. The van der Waals surface area contributed by atoms with E-state index in [0.717, 1.165) is 24.3 Å². The van der Waals surface area contributed by atoms with Gasteiger partial charge in [0.05, 0.1) is 6.61 Å². The van der Waals surface area contributed by atoms with Crippen molar-refractivity contribution in [3.63, 3.8) is 0 Å². The normalized spacial score (nSPS) is 10.6. The summed E-state index contributed by atoms with van der Waals surface area (Å²) in [6, 6.07) is 6.18. The third-order valence-corrected chi connectivity index (χ3v) is 2.02. The van der Waals surface area contributed by atoms with Gasteiger partial charge in [0.25, 0.3) is 0 Å². The van der Waals surface area contributed by atoms with E-state index in [2.05, 4.69) is 39.8 Å². The molecule has 0 N–H and O–H groups in total. The Morgan fingerprint density at radius 1 is 1.29 bits per heavy atom. The first kappa shape index (κ1) is 11.1. The van der Waals surface area contributed by atoms with Crippen LogP contribution in [0.4, 0.5) is 0 Å². The molecule has 0 heterocycles. The van der Waals surface area contributed by atoms with E-state index < -0.39 is 0 Å². The van der Waals surface area contributed by atoms with Crippen molar-refractivity contribution in [2.45, 2.75) is 27.2 Å². The van der Waals surface area contributed by atoms with E-state index in [0.29, 0.717) is 5.92 Å². The van der Waals surface area contributed by atoms with E-state index in [4.69, 9.17) is 4.74 Å². The van der Waals surface area contributed by atoms with Gasteiger partial charge in [0.15, 0.2) is 0 Å². The molecule has 0 bridgehead atoms. The van der Waals surface area contributed by atoms with Crippen LogP contribution in [0.25, 0.3) is 0 Å². The number of rotatable bonds is 4. The average molecular weight is 191 g/mol. The highest BCUT2D eigenvalue weighted by molar-refractivity contribution is 5.35. The molecule has 1 aromatic carbocycles. The molecule has 14 heavy (non-hydrogen) atoms. The van der Waals surface area contributed by atoms with Crippen LogP contribution in [-0.4, -0.2) is 6.61 Å². The van der Waals surface area contributed by atoms with Crippen LogP contribution in [0.5, 0.6) is 5.75 Å². The van der Waals surface area contributed by atoms with E-state index in [1.54, 1.807) is 0 Å². The van der Waals surface area contributed by atoms with Crippen LogP contribution in [0.3, 0.4) is 0 Å². The van der Waals surface area contributed by atoms with Crippen LogP contribution in [-0.2, 0) is 6.42 Å². The lowest BCUT2D eigenvalue weighted by Crippen LogP contribution is -2.04. The summed E-state index contributed by atoms with van der Waals surface area (Å²) >= 11 is 0. The predicted octanol–water partition coefficient (Wildman–Crippen LogP) is 3.47. The summed E-state index contributed by atoms with van der Waals surface area (Å²) in [7, 11) is 0. The Morgan fingerprint density at radius 2 is 2.00 bits per heavy atom. The molecule has 0 aliphatic carbocycles. The molecular formula is C13H19O. The maximum atomic E-state index is 5.65. The van der Waals surface area contributed by atoms with Crippen molar-refractivity contribution in [3.05, 3.63) is 36.2 Å². The molecule has 1 aromatic rings. The van der Waals surface area contributed by atoms with Gasteiger partial charge in [-0.15, -0.1) is 0 Å². The predicted molar refractivity (Wildman–Crippen MR) is 60.6 cm³/mol. The minimum atomic E-state index is 0.563. The molecule has 0 saturated carbocycles. The molecule has 0 unspecified atom stereocenters. The van der Waals surface area contributed by atoms with Gasteiger partial charge in [0.2, 0.25) is 0 Å². The highest BCUT2D eigenvalue weighted by atomic mass is 16.5. The zero-order chi connectivity index (χ0) is 10.6. The van der Waals surface area contributed by atoms with Gasteiger partial charge in [-0.1, -0.05) is 26.8 Å². The molecule has 0 aliphatic heterocycles. The summed E-state index contributed by atoms with van der Waals surface area (Å²) in [6.07, 6.45) is 1.03. The molecular weight excluding hydrogens is 172 g/mol. The Balaban J connectivity index is 2.71. The van der Waals surface area contributed by atoms with Gasteiger partial charge < -0.3 is 4.74 Å². The molecule has 0 aromatic heterocycles. The average Bonchev–Trinajstić information content (AvgIpc) is 2.14. The second-order valence-corrected chi connectivity index (χ2v) is 4.04. The summed E-state index contributed by atoms with van der Waals surface area (Å²) in [5, 5.41) is 0. The second kappa shape index (κ2) is 5.04. The molecule has 0 amide bonds. The quantitative estimate of drug-likeness (QED) is 0.708. The summed E-state index contributed by atoms with van der Waals surface area (Å²) in [5.74, 6) is 1.51. The van der Waals surface area contributed by atoms with Gasteiger partial charge in [-0.25, -0.2) is 0 Å². The Labute approximate surface area is 87.1 Å². The molecule has 77 valence electrons. The third kappa shape index (κ3) is 3.41. The van der Waals surface area contributed by atoms with Crippen molar-refractivity contribution in [1.82, 2.24) is 0 Å². The molecule has 0 atom stereocenters. The van der Waals surface area contributed by atoms with E-state index in [-0.39, 0.29) is 0 Å². The highest BCUT2D eigenvalue weighted by Gasteiger charge is 2.00. The Kier molecular flexibility index (Phi) is 3.99. The minimum absolute atomic E-state index is 0.563. The van der Waals surface area contributed by atoms with Gasteiger partial charge >= 0.3 is 0 Å². The van der Waals surface area contributed by atoms with Gasteiger partial charge in [-0.3, -0.25) is 0 Å². The zero-order valence-corrected chi connectivity index (χ0v) is 9.34. The SMILES string of the molecule is [CH2]c1cc(CC)cc(OCC(C)C)c1. The standard InChI is InChI=1S/C13H19O/c1-5-12-6-11(4)7-13(8-12)14-9-10(2)3/h6-8,10H,4-5,9H2,1-3H3. The topological polar surface area (TPSA) is 9.23 Å². The fourth-order valence-corrected chi connectivity index (χ4v) is 1.28. The first-order valence-corrected chi connectivity index (χ1v) is 5.20. The lowest BCUT2D eigenvalue weighted by Gasteiger charge is -2.10. The summed E-state index contributed by atoms with van der Waals surface area (Å²) in [6.45, 7) is 11.1. The molecule has 1 heteroatoms. The molecule has 0 fully saturated rings. The molecule has 1 rings (SSSR count). The number of aryl methyl sites for hydroxylation is 1. The van der Waals surface area contributed by atoms with E-state index in [1.807, 2.05) is 6.07 Å². The van der Waals surface area contributed by atoms with Crippen LogP contribution < -0.4 is 4.74 Å². The fourth-order valence-electron chi connectivity index (χ4n) is 1.28. The summed E-state index contributed by atoms with van der Waals surface area (Å²) in [5.41, 5.74) is 2.32. The van der Waals surface area contributed by atoms with Crippen LogP contribution in [0.1, 0.15) is 31.9 Å². The number of benzene rings is 1. The van der Waals surface area contributed by atoms with Crippen LogP contribution in [0.15, 0.2) is 18.2 Å². The Hall–Kier alpha value is -0.980. The van der Waals surface area contributed by atoms with E-state index >= 15 is 0 Å². The summed E-state index contributed by atoms with van der Waals surface area (Å²) in [4.78, 5) is 0. The minimum Gasteiger partial charge on any atom is -0.493 e. The maximum absolute atomic E-state index is 5.65. The van der Waals surface area contributed by atoms with Gasteiger partial charge in [0.1, 0.15) is 5.75 Å². The Bertz CT molecular complexity index is 289. The van der Waals surface area contributed by atoms with Crippen molar-refractivity contribution in [2.24, 2.45) is 5.92 Å². The maximum Gasteiger partial charge on any atom is 0.119 e. The molecule has 1 nitrogen and oxygen atoms in total.